The quantitative estimate of drug-likeness (QED) is 0.578. The summed E-state index contributed by atoms with van der Waals surface area (Å²) < 4.78 is 11.2. The molecule has 2 aromatic carbocycles. The van der Waals surface area contributed by atoms with E-state index in [1.165, 1.54) is 11.8 Å². The highest BCUT2D eigenvalue weighted by Gasteiger charge is 2.11. The first-order valence-corrected chi connectivity index (χ1v) is 9.57. The largest absolute Gasteiger partial charge is 0.484 e. The molecule has 1 N–H and O–H groups in total. The van der Waals surface area contributed by atoms with E-state index in [1.54, 1.807) is 12.1 Å². The molecule has 0 aliphatic heterocycles. The molecule has 0 aliphatic carbocycles. The van der Waals surface area contributed by atoms with E-state index in [9.17, 15) is 4.79 Å². The number of rotatable bonds is 7. The number of nitrogens with one attached hydrogen (secondary N) is 1. The van der Waals surface area contributed by atoms with Crippen LogP contribution in [0.3, 0.4) is 0 Å². The van der Waals surface area contributed by atoms with E-state index in [4.69, 9.17) is 20.8 Å². The number of aryl methyl sites for hydroxylation is 2. The molecule has 0 unspecified atom stereocenters. The Morgan fingerprint density at radius 3 is 2.78 bits per heavy atom. The van der Waals surface area contributed by atoms with Crippen molar-refractivity contribution in [1.82, 2.24) is 10.2 Å². The molecular formula is C19H18ClN3O3S. The normalized spacial score (nSPS) is 10.6. The molecule has 27 heavy (non-hydrogen) atoms. The smallest absolute Gasteiger partial charge is 0.277 e. The number of ether oxygens (including phenoxy) is 1. The van der Waals surface area contributed by atoms with Gasteiger partial charge in [0.25, 0.3) is 11.1 Å². The molecule has 0 bridgehead atoms. The van der Waals surface area contributed by atoms with Gasteiger partial charge in [0.05, 0.1) is 5.75 Å². The SMILES string of the molecule is Cc1ccccc1NC(=O)CSc1nnc(COc2ccc(Cl)cc2C)o1. The van der Waals surface area contributed by atoms with Gasteiger partial charge in [-0.25, -0.2) is 0 Å². The van der Waals surface area contributed by atoms with E-state index >= 15 is 0 Å². The highest BCUT2D eigenvalue weighted by Crippen LogP contribution is 2.23. The molecule has 6 nitrogen and oxygen atoms in total. The maximum Gasteiger partial charge on any atom is 0.277 e. The molecule has 0 fully saturated rings. The molecule has 0 aliphatic rings. The number of nitrogens with zero attached hydrogens (tertiary/aromatic N) is 2. The van der Waals surface area contributed by atoms with Gasteiger partial charge in [-0.2, -0.15) is 0 Å². The van der Waals surface area contributed by atoms with Crippen LogP contribution in [0.25, 0.3) is 0 Å². The van der Waals surface area contributed by atoms with Crippen molar-refractivity contribution in [3.8, 4) is 5.75 Å². The first-order chi connectivity index (χ1) is 13.0. The molecule has 3 aromatic rings. The summed E-state index contributed by atoms with van der Waals surface area (Å²) in [5, 5.41) is 11.7. The van der Waals surface area contributed by atoms with Crippen molar-refractivity contribution >= 4 is 35.0 Å². The molecule has 0 spiro atoms. The zero-order valence-electron chi connectivity index (χ0n) is 14.9. The van der Waals surface area contributed by atoms with Crippen molar-refractivity contribution in [2.24, 2.45) is 0 Å². The van der Waals surface area contributed by atoms with E-state index in [0.717, 1.165) is 16.8 Å². The number of amides is 1. The van der Waals surface area contributed by atoms with E-state index in [-0.39, 0.29) is 18.3 Å². The minimum absolute atomic E-state index is 0.137. The van der Waals surface area contributed by atoms with E-state index in [1.807, 2.05) is 44.2 Å². The minimum Gasteiger partial charge on any atom is -0.484 e. The molecule has 0 saturated heterocycles. The number of halogens is 1. The summed E-state index contributed by atoms with van der Waals surface area (Å²) in [6.45, 7) is 3.99. The Labute approximate surface area is 166 Å². The molecule has 0 saturated carbocycles. The van der Waals surface area contributed by atoms with Crippen LogP contribution in [-0.2, 0) is 11.4 Å². The number of carbonyl (C=O) groups is 1. The topological polar surface area (TPSA) is 77.2 Å². The van der Waals surface area contributed by atoms with E-state index in [0.29, 0.717) is 21.9 Å². The lowest BCUT2D eigenvalue weighted by atomic mass is 10.2. The molecule has 1 amide bonds. The molecule has 3 rings (SSSR count). The van der Waals surface area contributed by atoms with Gasteiger partial charge in [-0.05, 0) is 49.2 Å². The lowest BCUT2D eigenvalue weighted by Gasteiger charge is -2.07. The Morgan fingerprint density at radius 2 is 2.00 bits per heavy atom. The monoisotopic (exact) mass is 403 g/mol. The Kier molecular flexibility index (Phi) is 6.36. The van der Waals surface area contributed by atoms with Crippen molar-refractivity contribution in [2.45, 2.75) is 25.7 Å². The molecule has 0 radical (unpaired) electrons. The van der Waals surface area contributed by atoms with Crippen LogP contribution >= 0.6 is 23.4 Å². The first-order valence-electron chi connectivity index (χ1n) is 8.21. The van der Waals surface area contributed by atoms with Crippen LogP contribution < -0.4 is 10.1 Å². The lowest BCUT2D eigenvalue weighted by molar-refractivity contribution is -0.113. The van der Waals surface area contributed by atoms with E-state index < -0.39 is 0 Å². The lowest BCUT2D eigenvalue weighted by Crippen LogP contribution is -2.14. The van der Waals surface area contributed by atoms with Crippen LogP contribution in [-0.4, -0.2) is 21.9 Å². The average molecular weight is 404 g/mol. The summed E-state index contributed by atoms with van der Waals surface area (Å²) in [5.41, 5.74) is 2.72. The second-order valence-electron chi connectivity index (χ2n) is 5.81. The summed E-state index contributed by atoms with van der Waals surface area (Å²) in [4.78, 5) is 12.1. The summed E-state index contributed by atoms with van der Waals surface area (Å²) in [5.74, 6) is 1.07. The maximum absolute atomic E-state index is 12.1. The third-order valence-electron chi connectivity index (χ3n) is 3.68. The number of anilines is 1. The van der Waals surface area contributed by atoms with Crippen LogP contribution in [0.1, 0.15) is 17.0 Å². The summed E-state index contributed by atoms with van der Waals surface area (Å²) in [6, 6.07) is 13.0. The minimum atomic E-state index is -0.137. The number of aromatic nitrogens is 2. The van der Waals surface area contributed by atoms with Gasteiger partial charge in [0.1, 0.15) is 5.75 Å². The molecular weight excluding hydrogens is 386 g/mol. The molecule has 1 aromatic heterocycles. The predicted molar refractivity (Wildman–Crippen MR) is 105 cm³/mol. The Morgan fingerprint density at radius 1 is 1.19 bits per heavy atom. The fourth-order valence-electron chi connectivity index (χ4n) is 2.30. The number of hydrogen-bond donors (Lipinski definition) is 1. The van der Waals surface area contributed by atoms with Crippen LogP contribution in [0.4, 0.5) is 5.69 Å². The zero-order chi connectivity index (χ0) is 19.2. The Bertz CT molecular complexity index is 945. The molecule has 8 heteroatoms. The molecule has 1 heterocycles. The highest BCUT2D eigenvalue weighted by molar-refractivity contribution is 7.99. The third kappa shape index (κ3) is 5.48. The molecule has 0 atom stereocenters. The van der Waals surface area contributed by atoms with Gasteiger partial charge < -0.3 is 14.5 Å². The van der Waals surface area contributed by atoms with Crippen LogP contribution in [0, 0.1) is 13.8 Å². The number of benzene rings is 2. The third-order valence-corrected chi connectivity index (χ3v) is 4.74. The highest BCUT2D eigenvalue weighted by atomic mass is 35.5. The summed E-state index contributed by atoms with van der Waals surface area (Å²) in [6.07, 6.45) is 0. The van der Waals surface area contributed by atoms with Gasteiger partial charge in [-0.3, -0.25) is 4.79 Å². The predicted octanol–water partition coefficient (Wildman–Crippen LogP) is 4.65. The van der Waals surface area contributed by atoms with Crippen LogP contribution in [0.5, 0.6) is 5.75 Å². The second-order valence-corrected chi connectivity index (χ2v) is 7.18. The van der Waals surface area contributed by atoms with Gasteiger partial charge in [-0.1, -0.05) is 41.6 Å². The summed E-state index contributed by atoms with van der Waals surface area (Å²) >= 11 is 7.10. The average Bonchev–Trinajstić information content (AvgIpc) is 3.09. The van der Waals surface area contributed by atoms with Crippen molar-refractivity contribution in [3.63, 3.8) is 0 Å². The number of thioether (sulfide) groups is 1. The van der Waals surface area contributed by atoms with Crippen molar-refractivity contribution in [1.29, 1.82) is 0 Å². The Hall–Kier alpha value is -2.51. The van der Waals surface area contributed by atoms with Crippen molar-refractivity contribution < 1.29 is 13.9 Å². The first kappa shape index (κ1) is 19.3. The van der Waals surface area contributed by atoms with Crippen LogP contribution in [0.2, 0.25) is 5.02 Å². The zero-order valence-corrected chi connectivity index (χ0v) is 16.4. The van der Waals surface area contributed by atoms with Crippen LogP contribution in [0.15, 0.2) is 52.1 Å². The Balaban J connectivity index is 1.49. The van der Waals surface area contributed by atoms with Gasteiger partial charge in [0, 0.05) is 10.7 Å². The van der Waals surface area contributed by atoms with Crippen molar-refractivity contribution in [2.75, 3.05) is 11.1 Å². The van der Waals surface area contributed by atoms with Crippen molar-refractivity contribution in [3.05, 3.63) is 64.5 Å². The molecule has 140 valence electrons. The van der Waals surface area contributed by atoms with E-state index in [2.05, 4.69) is 15.5 Å². The van der Waals surface area contributed by atoms with Gasteiger partial charge >= 0.3 is 0 Å². The fourth-order valence-corrected chi connectivity index (χ4v) is 3.10. The number of para-hydroxylation sites is 1. The van der Waals surface area contributed by atoms with Gasteiger partial charge in [0.2, 0.25) is 5.91 Å². The van der Waals surface area contributed by atoms with Gasteiger partial charge in [-0.15, -0.1) is 10.2 Å². The maximum atomic E-state index is 12.1. The number of carbonyl (C=O) groups excluding carboxylic acids is 1. The fraction of sp³-hybridized carbons (Fsp3) is 0.211. The standard InChI is InChI=1S/C19H18ClN3O3S/c1-12-5-3-4-6-15(12)21-17(24)11-27-19-23-22-18(26-19)10-25-16-8-7-14(20)9-13(16)2/h3-9H,10-11H2,1-2H3,(H,21,24). The number of hydrogen-bond acceptors (Lipinski definition) is 6. The van der Waals surface area contributed by atoms with Gasteiger partial charge in [0.15, 0.2) is 6.61 Å². The second kappa shape index (κ2) is 8.92. The summed E-state index contributed by atoms with van der Waals surface area (Å²) in [7, 11) is 0.